The van der Waals surface area contributed by atoms with Crippen molar-refractivity contribution in [1.29, 1.82) is 0 Å². The highest BCUT2D eigenvalue weighted by molar-refractivity contribution is 7.89. The molecular weight excluding hydrogens is 214 g/mol. The Hall–Kier alpha value is -0.170. The highest BCUT2D eigenvalue weighted by atomic mass is 32.2. The molecule has 1 heterocycles. The molecule has 0 aromatic heterocycles. The Morgan fingerprint density at radius 3 is 2.53 bits per heavy atom. The van der Waals surface area contributed by atoms with Crippen molar-refractivity contribution >= 4 is 10.0 Å². The molecule has 0 amide bonds. The molecule has 2 N–H and O–H groups in total. The number of nitrogens with zero attached hydrogens (tertiary/aromatic N) is 2. The summed E-state index contributed by atoms with van der Waals surface area (Å²) in [6, 6.07) is 0.302. The zero-order chi connectivity index (χ0) is 11.5. The van der Waals surface area contributed by atoms with Gasteiger partial charge in [-0.2, -0.15) is 4.31 Å². The summed E-state index contributed by atoms with van der Waals surface area (Å²) in [6.45, 7) is 7.35. The van der Waals surface area contributed by atoms with E-state index in [1.54, 1.807) is 4.31 Å². The van der Waals surface area contributed by atoms with Crippen LogP contribution in [0.3, 0.4) is 0 Å². The number of likely N-dealkylation sites (N-methyl/N-ethyl adjacent to an activating group) is 1. The Morgan fingerprint density at radius 2 is 2.07 bits per heavy atom. The standard InChI is InChI=1S/C9H21N3O2S/c1-3-11-5-6-12(8-9(11)2)15(13,14)7-4-10/h9H,3-8,10H2,1-2H3. The number of piperazine rings is 1. The van der Waals surface area contributed by atoms with Gasteiger partial charge in [-0.25, -0.2) is 8.42 Å². The van der Waals surface area contributed by atoms with Gasteiger partial charge in [0.25, 0.3) is 0 Å². The van der Waals surface area contributed by atoms with Crippen molar-refractivity contribution in [3.8, 4) is 0 Å². The molecule has 1 fully saturated rings. The van der Waals surface area contributed by atoms with Crippen molar-refractivity contribution in [3.63, 3.8) is 0 Å². The number of nitrogens with two attached hydrogens (primary N) is 1. The van der Waals surface area contributed by atoms with Crippen LogP contribution >= 0.6 is 0 Å². The second-order valence-corrected chi connectivity index (χ2v) is 6.03. The summed E-state index contributed by atoms with van der Waals surface area (Å²) in [6.07, 6.45) is 0. The van der Waals surface area contributed by atoms with Gasteiger partial charge in [0.1, 0.15) is 0 Å². The van der Waals surface area contributed by atoms with E-state index in [0.29, 0.717) is 19.1 Å². The van der Waals surface area contributed by atoms with Crippen molar-refractivity contribution in [2.45, 2.75) is 19.9 Å². The predicted molar refractivity (Wildman–Crippen MR) is 61.1 cm³/mol. The lowest BCUT2D eigenvalue weighted by atomic mass is 10.2. The lowest BCUT2D eigenvalue weighted by Gasteiger charge is -2.38. The molecule has 0 radical (unpaired) electrons. The van der Waals surface area contributed by atoms with E-state index < -0.39 is 10.0 Å². The van der Waals surface area contributed by atoms with Crippen LogP contribution in [0.1, 0.15) is 13.8 Å². The molecule has 0 spiro atoms. The largest absolute Gasteiger partial charge is 0.329 e. The topological polar surface area (TPSA) is 66.6 Å². The Labute approximate surface area is 92.3 Å². The summed E-state index contributed by atoms with van der Waals surface area (Å²) in [5, 5.41) is 0. The molecule has 90 valence electrons. The van der Waals surface area contributed by atoms with E-state index in [4.69, 9.17) is 5.73 Å². The highest BCUT2D eigenvalue weighted by Gasteiger charge is 2.29. The van der Waals surface area contributed by atoms with Crippen LogP contribution in [-0.2, 0) is 10.0 Å². The first-order valence-corrected chi connectivity index (χ1v) is 7.04. The molecule has 15 heavy (non-hydrogen) atoms. The Balaban J connectivity index is 2.61. The van der Waals surface area contributed by atoms with Crippen LogP contribution in [0.4, 0.5) is 0 Å². The normalized spacial score (nSPS) is 25.7. The number of rotatable bonds is 4. The van der Waals surface area contributed by atoms with E-state index >= 15 is 0 Å². The molecule has 0 aromatic rings. The van der Waals surface area contributed by atoms with Crippen LogP contribution in [0.2, 0.25) is 0 Å². The second kappa shape index (κ2) is 5.25. The van der Waals surface area contributed by atoms with Crippen LogP contribution in [0.5, 0.6) is 0 Å². The average molecular weight is 235 g/mol. The number of hydrogen-bond donors (Lipinski definition) is 1. The minimum atomic E-state index is -3.12. The molecule has 0 saturated carbocycles. The van der Waals surface area contributed by atoms with Gasteiger partial charge >= 0.3 is 0 Å². The van der Waals surface area contributed by atoms with E-state index in [-0.39, 0.29) is 12.3 Å². The van der Waals surface area contributed by atoms with Crippen LogP contribution in [0.25, 0.3) is 0 Å². The molecule has 0 bridgehead atoms. The third-order valence-corrected chi connectivity index (χ3v) is 4.77. The lowest BCUT2D eigenvalue weighted by molar-refractivity contribution is 0.136. The molecule has 1 aliphatic rings. The minimum Gasteiger partial charge on any atom is -0.329 e. The lowest BCUT2D eigenvalue weighted by Crippen LogP contribution is -2.54. The van der Waals surface area contributed by atoms with Crippen molar-refractivity contribution in [2.75, 3.05) is 38.5 Å². The van der Waals surface area contributed by atoms with E-state index in [1.807, 2.05) is 0 Å². The van der Waals surface area contributed by atoms with Gasteiger partial charge in [-0.05, 0) is 13.5 Å². The zero-order valence-electron chi connectivity index (χ0n) is 9.52. The summed E-state index contributed by atoms with van der Waals surface area (Å²) < 4.78 is 25.1. The fourth-order valence-electron chi connectivity index (χ4n) is 1.96. The van der Waals surface area contributed by atoms with Crippen LogP contribution in [-0.4, -0.2) is 62.1 Å². The van der Waals surface area contributed by atoms with Gasteiger partial charge in [0, 0.05) is 32.2 Å². The maximum absolute atomic E-state index is 11.8. The van der Waals surface area contributed by atoms with Crippen LogP contribution in [0, 0.1) is 0 Å². The third kappa shape index (κ3) is 3.14. The van der Waals surface area contributed by atoms with Gasteiger partial charge in [0.2, 0.25) is 10.0 Å². The summed E-state index contributed by atoms with van der Waals surface area (Å²) in [7, 11) is -3.12. The van der Waals surface area contributed by atoms with E-state index in [9.17, 15) is 8.42 Å². The van der Waals surface area contributed by atoms with E-state index in [2.05, 4.69) is 18.7 Å². The van der Waals surface area contributed by atoms with E-state index in [0.717, 1.165) is 13.1 Å². The predicted octanol–water partition coefficient (Wildman–Crippen LogP) is -0.699. The molecule has 1 aliphatic heterocycles. The van der Waals surface area contributed by atoms with Gasteiger partial charge in [-0.1, -0.05) is 6.92 Å². The first-order chi connectivity index (χ1) is 7.01. The van der Waals surface area contributed by atoms with Gasteiger partial charge in [0.05, 0.1) is 5.75 Å². The van der Waals surface area contributed by atoms with Crippen molar-refractivity contribution in [3.05, 3.63) is 0 Å². The molecule has 1 unspecified atom stereocenters. The summed E-state index contributed by atoms with van der Waals surface area (Å²) in [4.78, 5) is 2.29. The monoisotopic (exact) mass is 235 g/mol. The van der Waals surface area contributed by atoms with Crippen molar-refractivity contribution in [2.24, 2.45) is 5.73 Å². The Kier molecular flexibility index (Phi) is 4.51. The van der Waals surface area contributed by atoms with Gasteiger partial charge in [-0.3, -0.25) is 4.90 Å². The molecule has 0 aliphatic carbocycles. The quantitative estimate of drug-likeness (QED) is 0.700. The molecular formula is C9H21N3O2S. The number of hydrogen-bond acceptors (Lipinski definition) is 4. The summed E-state index contributed by atoms with van der Waals surface area (Å²) in [5.41, 5.74) is 5.29. The third-order valence-electron chi connectivity index (χ3n) is 2.90. The first-order valence-electron chi connectivity index (χ1n) is 5.43. The Morgan fingerprint density at radius 1 is 1.40 bits per heavy atom. The van der Waals surface area contributed by atoms with Gasteiger partial charge < -0.3 is 5.73 Å². The SMILES string of the molecule is CCN1CCN(S(=O)(=O)CCN)CC1C. The summed E-state index contributed by atoms with van der Waals surface area (Å²) in [5.74, 6) is 0.0614. The average Bonchev–Trinajstić information content (AvgIpc) is 2.17. The molecule has 0 aromatic carbocycles. The van der Waals surface area contributed by atoms with Gasteiger partial charge in [-0.15, -0.1) is 0 Å². The first kappa shape index (κ1) is 12.9. The second-order valence-electron chi connectivity index (χ2n) is 3.94. The van der Waals surface area contributed by atoms with Crippen LogP contribution < -0.4 is 5.73 Å². The maximum atomic E-state index is 11.8. The molecule has 1 saturated heterocycles. The van der Waals surface area contributed by atoms with E-state index in [1.165, 1.54) is 0 Å². The number of sulfonamides is 1. The molecule has 1 atom stereocenters. The smallest absolute Gasteiger partial charge is 0.215 e. The fraction of sp³-hybridized carbons (Fsp3) is 1.00. The molecule has 6 heteroatoms. The van der Waals surface area contributed by atoms with Crippen molar-refractivity contribution in [1.82, 2.24) is 9.21 Å². The zero-order valence-corrected chi connectivity index (χ0v) is 10.3. The fourth-order valence-corrected chi connectivity index (χ4v) is 3.32. The molecule has 5 nitrogen and oxygen atoms in total. The Bertz CT molecular complexity index is 292. The molecule has 1 rings (SSSR count). The van der Waals surface area contributed by atoms with Gasteiger partial charge in [0.15, 0.2) is 0 Å². The minimum absolute atomic E-state index is 0.0614. The highest BCUT2D eigenvalue weighted by Crippen LogP contribution is 2.12. The maximum Gasteiger partial charge on any atom is 0.215 e. The summed E-state index contributed by atoms with van der Waals surface area (Å²) >= 11 is 0. The van der Waals surface area contributed by atoms with Crippen molar-refractivity contribution < 1.29 is 8.42 Å². The van der Waals surface area contributed by atoms with Crippen LogP contribution in [0.15, 0.2) is 0 Å².